The summed E-state index contributed by atoms with van der Waals surface area (Å²) in [6.07, 6.45) is 1.64. The van der Waals surface area contributed by atoms with Crippen LogP contribution in [0, 0.1) is 36.5 Å². The van der Waals surface area contributed by atoms with E-state index in [1.54, 1.807) is 30.5 Å². The zero-order valence-electron chi connectivity index (χ0n) is 14.7. The molecule has 2 aromatic carbocycles. The monoisotopic (exact) mass is 418 g/mol. The Hall–Kier alpha value is -3.35. The van der Waals surface area contributed by atoms with Crippen molar-refractivity contribution in [1.29, 1.82) is 10.5 Å². The molecule has 0 atom stereocenters. The number of rotatable bonds is 4. The minimum absolute atomic E-state index is 0.531. The molecule has 0 radical (unpaired) electrons. The third-order valence-corrected chi connectivity index (χ3v) is 4.53. The summed E-state index contributed by atoms with van der Waals surface area (Å²) in [4.78, 5) is 4.33. The van der Waals surface area contributed by atoms with Crippen LogP contribution in [0.15, 0.2) is 53.1 Å². The van der Waals surface area contributed by atoms with Gasteiger partial charge in [-0.25, -0.2) is 4.98 Å². The lowest BCUT2D eigenvalue weighted by Crippen LogP contribution is -1.98. The van der Waals surface area contributed by atoms with Crippen LogP contribution >= 0.6 is 15.9 Å². The molecule has 1 N–H and O–H groups in total. The van der Waals surface area contributed by atoms with Gasteiger partial charge in [0.2, 0.25) is 0 Å². The fraction of sp³-hybridized carbons (Fsp3) is 0.0952. The highest BCUT2D eigenvalue weighted by Gasteiger charge is 2.12. The molecule has 1 aromatic heterocycles. The van der Waals surface area contributed by atoms with E-state index in [1.165, 1.54) is 0 Å². The maximum Gasteiger partial charge on any atom is 0.146 e. The van der Waals surface area contributed by atoms with Crippen LogP contribution in [0.2, 0.25) is 0 Å². The summed E-state index contributed by atoms with van der Waals surface area (Å²) >= 11 is 3.46. The van der Waals surface area contributed by atoms with Crippen molar-refractivity contribution in [3.8, 4) is 23.6 Å². The van der Waals surface area contributed by atoms with Crippen molar-refractivity contribution in [1.82, 2.24) is 4.98 Å². The molecule has 1 heterocycles. The molecule has 0 saturated carbocycles. The van der Waals surface area contributed by atoms with Gasteiger partial charge in [-0.15, -0.1) is 0 Å². The number of hydrogen-bond acceptors (Lipinski definition) is 5. The Morgan fingerprint density at radius 3 is 2.41 bits per heavy atom. The van der Waals surface area contributed by atoms with Crippen molar-refractivity contribution in [2.24, 2.45) is 0 Å². The first-order valence-electron chi connectivity index (χ1n) is 8.12. The first kappa shape index (κ1) is 18.4. The number of pyridine rings is 1. The highest BCUT2D eigenvalue weighted by molar-refractivity contribution is 9.10. The molecule has 0 unspecified atom stereocenters. The lowest BCUT2D eigenvalue weighted by Gasteiger charge is -2.15. The number of aromatic nitrogens is 1. The number of nitrogens with one attached hydrogen (secondary N) is 1. The van der Waals surface area contributed by atoms with E-state index >= 15 is 0 Å². The number of ether oxygens (including phenoxy) is 1. The number of nitrogens with zero attached hydrogens (tertiary/aromatic N) is 3. The number of benzene rings is 2. The van der Waals surface area contributed by atoms with Crippen molar-refractivity contribution in [2.75, 3.05) is 5.32 Å². The molecule has 0 aliphatic heterocycles. The van der Waals surface area contributed by atoms with E-state index in [1.807, 2.05) is 32.0 Å². The second kappa shape index (κ2) is 7.90. The van der Waals surface area contributed by atoms with E-state index in [-0.39, 0.29) is 0 Å². The Kier molecular flexibility index (Phi) is 5.40. The first-order valence-corrected chi connectivity index (χ1v) is 8.92. The third kappa shape index (κ3) is 4.08. The van der Waals surface area contributed by atoms with Gasteiger partial charge in [-0.2, -0.15) is 10.5 Å². The lowest BCUT2D eigenvalue weighted by atomic mass is 10.1. The largest absolute Gasteiger partial charge is 0.455 e. The average Bonchev–Trinajstić information content (AvgIpc) is 2.67. The van der Waals surface area contributed by atoms with Crippen molar-refractivity contribution in [3.63, 3.8) is 0 Å². The van der Waals surface area contributed by atoms with Gasteiger partial charge in [0.25, 0.3) is 0 Å². The number of para-hydroxylation sites is 1. The Bertz CT molecular complexity index is 1070. The van der Waals surface area contributed by atoms with Crippen LogP contribution in [-0.2, 0) is 0 Å². The summed E-state index contributed by atoms with van der Waals surface area (Å²) in [5, 5.41) is 21.5. The zero-order chi connectivity index (χ0) is 19.4. The van der Waals surface area contributed by atoms with Crippen LogP contribution in [0.4, 0.5) is 11.5 Å². The normalized spacial score (nSPS) is 9.96. The average molecular weight is 419 g/mol. The SMILES string of the molecule is Cc1cc(C#N)cc(C)c1Oc1cc(Nc2ccccc2C#N)ncc1Br. The molecule has 0 saturated heterocycles. The van der Waals surface area contributed by atoms with Crippen LogP contribution in [0.3, 0.4) is 0 Å². The molecule has 3 rings (SSSR count). The summed E-state index contributed by atoms with van der Waals surface area (Å²) in [6, 6.07) is 16.9. The predicted molar refractivity (Wildman–Crippen MR) is 107 cm³/mol. The van der Waals surface area contributed by atoms with Crippen molar-refractivity contribution < 1.29 is 4.74 Å². The fourth-order valence-electron chi connectivity index (χ4n) is 2.68. The van der Waals surface area contributed by atoms with E-state index in [0.29, 0.717) is 38.6 Å². The number of hydrogen-bond donors (Lipinski definition) is 1. The molecule has 0 aliphatic rings. The standard InChI is InChI=1S/C21H15BrN4O/c1-13-7-15(10-23)8-14(2)21(13)27-19-9-20(25-12-17(19)22)26-18-6-4-3-5-16(18)11-24/h3-9,12H,1-2H3,(H,25,26). The molecule has 0 bridgehead atoms. The highest BCUT2D eigenvalue weighted by atomic mass is 79.9. The van der Waals surface area contributed by atoms with Gasteiger partial charge in [0, 0.05) is 12.3 Å². The molecular weight excluding hydrogens is 404 g/mol. The van der Waals surface area contributed by atoms with Gasteiger partial charge < -0.3 is 10.1 Å². The van der Waals surface area contributed by atoms with Crippen molar-refractivity contribution in [3.05, 3.63) is 75.4 Å². The van der Waals surface area contributed by atoms with E-state index in [0.717, 1.165) is 11.1 Å². The van der Waals surface area contributed by atoms with Gasteiger partial charge in [0.15, 0.2) is 0 Å². The number of halogens is 1. The van der Waals surface area contributed by atoms with Gasteiger partial charge in [0.1, 0.15) is 23.4 Å². The second-order valence-electron chi connectivity index (χ2n) is 5.94. The molecular formula is C21H15BrN4O. The Morgan fingerprint density at radius 1 is 1.04 bits per heavy atom. The minimum Gasteiger partial charge on any atom is -0.455 e. The van der Waals surface area contributed by atoms with Gasteiger partial charge in [-0.3, -0.25) is 0 Å². The summed E-state index contributed by atoms with van der Waals surface area (Å²) in [7, 11) is 0. The summed E-state index contributed by atoms with van der Waals surface area (Å²) in [5.74, 6) is 1.84. The van der Waals surface area contributed by atoms with Gasteiger partial charge in [0.05, 0.1) is 27.4 Å². The quantitative estimate of drug-likeness (QED) is 0.583. The maximum atomic E-state index is 9.23. The topological polar surface area (TPSA) is 81.7 Å². The molecule has 0 fully saturated rings. The number of anilines is 2. The van der Waals surface area contributed by atoms with Crippen LogP contribution in [0.25, 0.3) is 0 Å². The van der Waals surface area contributed by atoms with Gasteiger partial charge in [-0.05, 0) is 65.2 Å². The molecule has 0 aliphatic carbocycles. The van der Waals surface area contributed by atoms with Gasteiger partial charge >= 0.3 is 0 Å². The Labute approximate surface area is 166 Å². The number of aryl methyl sites for hydroxylation is 2. The van der Waals surface area contributed by atoms with Gasteiger partial charge in [-0.1, -0.05) is 12.1 Å². The van der Waals surface area contributed by atoms with Crippen molar-refractivity contribution in [2.45, 2.75) is 13.8 Å². The Morgan fingerprint density at radius 2 is 1.74 bits per heavy atom. The molecule has 5 nitrogen and oxygen atoms in total. The van der Waals surface area contributed by atoms with Crippen molar-refractivity contribution >= 4 is 27.4 Å². The van der Waals surface area contributed by atoms with E-state index in [9.17, 15) is 5.26 Å². The van der Waals surface area contributed by atoms with E-state index in [2.05, 4.69) is 38.4 Å². The molecule has 0 spiro atoms. The minimum atomic E-state index is 0.531. The number of nitriles is 2. The Balaban J connectivity index is 1.93. The highest BCUT2D eigenvalue weighted by Crippen LogP contribution is 2.35. The molecule has 27 heavy (non-hydrogen) atoms. The zero-order valence-corrected chi connectivity index (χ0v) is 16.3. The fourth-order valence-corrected chi connectivity index (χ4v) is 2.98. The van der Waals surface area contributed by atoms with Crippen LogP contribution in [0.5, 0.6) is 11.5 Å². The summed E-state index contributed by atoms with van der Waals surface area (Å²) in [5.41, 5.74) is 3.55. The predicted octanol–water partition coefficient (Wildman–Crippen LogP) is 5.74. The molecule has 0 amide bonds. The van der Waals surface area contributed by atoms with Crippen LogP contribution < -0.4 is 10.1 Å². The van der Waals surface area contributed by atoms with E-state index in [4.69, 9.17) is 10.00 Å². The summed E-state index contributed by atoms with van der Waals surface area (Å²) < 4.78 is 6.80. The second-order valence-corrected chi connectivity index (χ2v) is 6.79. The van der Waals surface area contributed by atoms with E-state index < -0.39 is 0 Å². The molecule has 3 aromatic rings. The van der Waals surface area contributed by atoms with Crippen LogP contribution in [-0.4, -0.2) is 4.98 Å². The van der Waals surface area contributed by atoms with Crippen LogP contribution in [0.1, 0.15) is 22.3 Å². The lowest BCUT2D eigenvalue weighted by molar-refractivity contribution is 0.471. The molecule has 6 heteroatoms. The third-order valence-electron chi connectivity index (χ3n) is 3.93. The summed E-state index contributed by atoms with van der Waals surface area (Å²) in [6.45, 7) is 3.81. The smallest absolute Gasteiger partial charge is 0.146 e. The maximum absolute atomic E-state index is 9.23. The molecule has 132 valence electrons. The first-order chi connectivity index (χ1) is 13.0.